The zero-order chi connectivity index (χ0) is 12.7. The fourth-order valence-corrected chi connectivity index (χ4v) is 1.99. The number of benzene rings is 1. The van der Waals surface area contributed by atoms with Gasteiger partial charge in [0, 0.05) is 0 Å². The molecular weight excluding hydrogens is 212 g/mol. The van der Waals surface area contributed by atoms with E-state index in [1.165, 1.54) is 5.56 Å². The minimum atomic E-state index is 0.404. The second-order valence-corrected chi connectivity index (χ2v) is 4.49. The van der Waals surface area contributed by atoms with Crippen LogP contribution in [0.1, 0.15) is 19.4 Å². The van der Waals surface area contributed by atoms with Crippen molar-refractivity contribution in [2.75, 3.05) is 19.7 Å². The Kier molecular flexibility index (Phi) is 6.01. The summed E-state index contributed by atoms with van der Waals surface area (Å²) in [5.74, 6) is 1.85. The van der Waals surface area contributed by atoms with Crippen molar-refractivity contribution in [1.82, 2.24) is 0 Å². The van der Waals surface area contributed by atoms with Crippen molar-refractivity contribution in [2.45, 2.75) is 20.3 Å². The third kappa shape index (κ3) is 4.36. The van der Waals surface area contributed by atoms with Crippen molar-refractivity contribution in [3.8, 4) is 5.75 Å². The average Bonchev–Trinajstić information content (AvgIpc) is 2.33. The van der Waals surface area contributed by atoms with E-state index >= 15 is 0 Å². The predicted molar refractivity (Wildman–Crippen MR) is 72.1 cm³/mol. The van der Waals surface area contributed by atoms with Gasteiger partial charge < -0.3 is 16.2 Å². The van der Waals surface area contributed by atoms with Crippen LogP contribution in [0.3, 0.4) is 0 Å². The van der Waals surface area contributed by atoms with E-state index in [-0.39, 0.29) is 0 Å². The third-order valence-electron chi connectivity index (χ3n) is 3.20. The van der Waals surface area contributed by atoms with Gasteiger partial charge in [0.05, 0.1) is 6.61 Å². The molecule has 3 nitrogen and oxygen atoms in total. The molecule has 4 N–H and O–H groups in total. The molecule has 1 aromatic rings. The Labute approximate surface area is 104 Å². The molecule has 0 amide bonds. The van der Waals surface area contributed by atoms with Gasteiger partial charge in [0.1, 0.15) is 5.75 Å². The lowest BCUT2D eigenvalue weighted by Crippen LogP contribution is -2.30. The first kappa shape index (κ1) is 14.0. The fraction of sp³-hybridized carbons (Fsp3) is 0.571. The number of hydrogen-bond acceptors (Lipinski definition) is 3. The molecule has 0 saturated heterocycles. The summed E-state index contributed by atoms with van der Waals surface area (Å²) in [7, 11) is 0. The Morgan fingerprint density at radius 3 is 2.18 bits per heavy atom. The summed E-state index contributed by atoms with van der Waals surface area (Å²) in [6, 6.07) is 8.27. The minimum Gasteiger partial charge on any atom is -0.494 e. The van der Waals surface area contributed by atoms with Crippen LogP contribution >= 0.6 is 0 Å². The molecule has 1 aromatic carbocycles. The fourth-order valence-electron chi connectivity index (χ4n) is 1.99. The first-order chi connectivity index (χ1) is 8.21. The van der Waals surface area contributed by atoms with Crippen molar-refractivity contribution in [2.24, 2.45) is 23.3 Å². The molecule has 1 unspecified atom stereocenters. The molecule has 0 bridgehead atoms. The van der Waals surface area contributed by atoms with Crippen molar-refractivity contribution in [3.63, 3.8) is 0 Å². The number of nitrogens with two attached hydrogens (primary N) is 2. The van der Waals surface area contributed by atoms with Gasteiger partial charge in [-0.15, -0.1) is 0 Å². The maximum Gasteiger partial charge on any atom is 0.119 e. The van der Waals surface area contributed by atoms with Gasteiger partial charge in [-0.05, 0) is 56.0 Å². The molecular formula is C14H24N2O. The maximum atomic E-state index is 5.70. The normalized spacial score (nSPS) is 12.8. The van der Waals surface area contributed by atoms with Crippen LogP contribution in [0, 0.1) is 11.8 Å². The standard InChI is InChI=1S/C14H24N2O/c1-3-17-14-6-4-12(5-7-14)8-11(2)13(9-15)10-16/h4-7,11,13H,3,8-10,15-16H2,1-2H3. The zero-order valence-corrected chi connectivity index (χ0v) is 10.9. The molecule has 3 heteroatoms. The van der Waals surface area contributed by atoms with Crippen LogP contribution in [0.2, 0.25) is 0 Å². The molecule has 0 spiro atoms. The zero-order valence-electron chi connectivity index (χ0n) is 10.9. The van der Waals surface area contributed by atoms with E-state index in [9.17, 15) is 0 Å². The summed E-state index contributed by atoms with van der Waals surface area (Å²) in [5, 5.41) is 0. The van der Waals surface area contributed by atoms with Gasteiger partial charge in [0.25, 0.3) is 0 Å². The van der Waals surface area contributed by atoms with Gasteiger partial charge in [-0.3, -0.25) is 0 Å². The quantitative estimate of drug-likeness (QED) is 0.759. The summed E-state index contributed by atoms with van der Waals surface area (Å²) in [4.78, 5) is 0. The molecule has 0 aliphatic carbocycles. The van der Waals surface area contributed by atoms with Gasteiger partial charge in [-0.25, -0.2) is 0 Å². The number of hydrogen-bond donors (Lipinski definition) is 2. The van der Waals surface area contributed by atoms with E-state index < -0.39 is 0 Å². The molecule has 0 heterocycles. The summed E-state index contributed by atoms with van der Waals surface area (Å²) in [5.41, 5.74) is 12.7. The smallest absolute Gasteiger partial charge is 0.119 e. The van der Waals surface area contributed by atoms with E-state index in [4.69, 9.17) is 16.2 Å². The molecule has 0 radical (unpaired) electrons. The Morgan fingerprint density at radius 2 is 1.71 bits per heavy atom. The monoisotopic (exact) mass is 236 g/mol. The molecule has 0 saturated carbocycles. The molecule has 1 atom stereocenters. The molecule has 17 heavy (non-hydrogen) atoms. The third-order valence-corrected chi connectivity index (χ3v) is 3.20. The lowest BCUT2D eigenvalue weighted by atomic mass is 9.88. The molecule has 96 valence electrons. The van der Waals surface area contributed by atoms with Crippen LogP contribution in [0.5, 0.6) is 5.75 Å². The van der Waals surface area contributed by atoms with E-state index in [2.05, 4.69) is 19.1 Å². The topological polar surface area (TPSA) is 61.3 Å². The van der Waals surface area contributed by atoms with Crippen LogP contribution in [-0.4, -0.2) is 19.7 Å². The first-order valence-electron chi connectivity index (χ1n) is 6.33. The van der Waals surface area contributed by atoms with Crippen molar-refractivity contribution in [3.05, 3.63) is 29.8 Å². The van der Waals surface area contributed by atoms with Crippen molar-refractivity contribution >= 4 is 0 Å². The van der Waals surface area contributed by atoms with E-state index in [1.807, 2.05) is 19.1 Å². The molecule has 0 aromatic heterocycles. The number of ether oxygens (including phenoxy) is 1. The van der Waals surface area contributed by atoms with Crippen molar-refractivity contribution < 1.29 is 4.74 Å². The highest BCUT2D eigenvalue weighted by molar-refractivity contribution is 5.27. The van der Waals surface area contributed by atoms with Crippen LogP contribution < -0.4 is 16.2 Å². The summed E-state index contributed by atoms with van der Waals surface area (Å²) in [6.45, 7) is 6.23. The Balaban J connectivity index is 2.56. The molecule has 0 aliphatic rings. The summed E-state index contributed by atoms with van der Waals surface area (Å²) < 4.78 is 5.42. The molecule has 0 fully saturated rings. The van der Waals surface area contributed by atoms with Crippen LogP contribution in [0.25, 0.3) is 0 Å². The second-order valence-electron chi connectivity index (χ2n) is 4.49. The van der Waals surface area contributed by atoms with Crippen LogP contribution in [0.15, 0.2) is 24.3 Å². The number of rotatable bonds is 7. The van der Waals surface area contributed by atoms with Gasteiger partial charge in [0.15, 0.2) is 0 Å². The Bertz CT molecular complexity index is 307. The van der Waals surface area contributed by atoms with Gasteiger partial charge in [-0.2, -0.15) is 0 Å². The van der Waals surface area contributed by atoms with E-state index in [1.54, 1.807) is 0 Å². The minimum absolute atomic E-state index is 0.404. The first-order valence-corrected chi connectivity index (χ1v) is 6.33. The summed E-state index contributed by atoms with van der Waals surface area (Å²) >= 11 is 0. The lowest BCUT2D eigenvalue weighted by molar-refractivity contribution is 0.339. The molecule has 1 rings (SSSR count). The predicted octanol–water partition coefficient (Wildman–Crippen LogP) is 1.80. The van der Waals surface area contributed by atoms with E-state index in [0.29, 0.717) is 31.5 Å². The highest BCUT2D eigenvalue weighted by Crippen LogP contribution is 2.18. The van der Waals surface area contributed by atoms with Gasteiger partial charge >= 0.3 is 0 Å². The summed E-state index contributed by atoms with van der Waals surface area (Å²) in [6.07, 6.45) is 1.02. The molecule has 0 aliphatic heterocycles. The highest BCUT2D eigenvalue weighted by atomic mass is 16.5. The second kappa shape index (κ2) is 7.30. The van der Waals surface area contributed by atoms with Gasteiger partial charge in [-0.1, -0.05) is 19.1 Å². The van der Waals surface area contributed by atoms with Gasteiger partial charge in [0.2, 0.25) is 0 Å². The Morgan fingerprint density at radius 1 is 1.12 bits per heavy atom. The van der Waals surface area contributed by atoms with Crippen LogP contribution in [-0.2, 0) is 6.42 Å². The lowest BCUT2D eigenvalue weighted by Gasteiger charge is -2.20. The average molecular weight is 236 g/mol. The largest absolute Gasteiger partial charge is 0.494 e. The SMILES string of the molecule is CCOc1ccc(CC(C)C(CN)CN)cc1. The van der Waals surface area contributed by atoms with Crippen LogP contribution in [0.4, 0.5) is 0 Å². The highest BCUT2D eigenvalue weighted by Gasteiger charge is 2.14. The van der Waals surface area contributed by atoms with E-state index in [0.717, 1.165) is 12.2 Å². The van der Waals surface area contributed by atoms with Crippen molar-refractivity contribution in [1.29, 1.82) is 0 Å². The maximum absolute atomic E-state index is 5.70. The Hall–Kier alpha value is -1.06.